The van der Waals surface area contributed by atoms with Crippen molar-refractivity contribution in [1.82, 2.24) is 9.88 Å². The normalized spacial score (nSPS) is 17.7. The first-order valence-corrected chi connectivity index (χ1v) is 14.2. The second-order valence-corrected chi connectivity index (χ2v) is 11.5. The van der Waals surface area contributed by atoms with E-state index in [1.54, 1.807) is 30.5 Å². The third-order valence-corrected chi connectivity index (χ3v) is 9.08. The third-order valence-electron chi connectivity index (χ3n) is 7.72. The molecular formula is C29H34ClN3OS. The molecule has 0 unspecified atom stereocenters. The van der Waals surface area contributed by atoms with Crippen LogP contribution in [-0.4, -0.2) is 27.8 Å². The van der Waals surface area contributed by atoms with Gasteiger partial charge in [-0.2, -0.15) is 0 Å². The summed E-state index contributed by atoms with van der Waals surface area (Å²) in [4.78, 5) is 22.0. The first-order valence-electron chi connectivity index (χ1n) is 13.0. The number of aromatic nitrogens is 1. The molecule has 2 heterocycles. The molecule has 3 aromatic rings. The number of nitrogens with zero attached hydrogens (tertiary/aromatic N) is 2. The summed E-state index contributed by atoms with van der Waals surface area (Å²) < 4.78 is 0. The summed E-state index contributed by atoms with van der Waals surface area (Å²) in [5.41, 5.74) is 9.99. The molecule has 2 aliphatic carbocycles. The molecule has 4 nitrogen and oxygen atoms in total. The van der Waals surface area contributed by atoms with Crippen LogP contribution in [0.5, 0.6) is 0 Å². The van der Waals surface area contributed by atoms with Gasteiger partial charge in [-0.05, 0) is 61.6 Å². The molecule has 5 rings (SSSR count). The lowest BCUT2D eigenvalue weighted by molar-refractivity contribution is 0.0728. The maximum atomic E-state index is 13.8. The Kier molecular flexibility index (Phi) is 7.86. The molecule has 0 bridgehead atoms. The second kappa shape index (κ2) is 11.2. The van der Waals surface area contributed by atoms with Crippen LogP contribution in [0.15, 0.2) is 48.8 Å². The van der Waals surface area contributed by atoms with E-state index >= 15 is 0 Å². The van der Waals surface area contributed by atoms with Crippen LogP contribution in [0.1, 0.15) is 85.7 Å². The largest absolute Gasteiger partial charge is 0.390 e. The fourth-order valence-corrected chi connectivity index (χ4v) is 7.12. The molecule has 184 valence electrons. The molecule has 35 heavy (non-hydrogen) atoms. The smallest absolute Gasteiger partial charge is 0.196 e. The summed E-state index contributed by atoms with van der Waals surface area (Å²) in [5.74, 6) is -0.0206. The monoisotopic (exact) mass is 507 g/mol. The number of carbonyl (C=O) groups is 1. The number of pyridine rings is 1. The molecule has 2 aromatic heterocycles. The molecule has 2 N–H and O–H groups in total. The zero-order valence-electron chi connectivity index (χ0n) is 20.2. The predicted octanol–water partition coefficient (Wildman–Crippen LogP) is 7.74. The topological polar surface area (TPSA) is 59.2 Å². The Bertz CT molecular complexity index is 1110. The van der Waals surface area contributed by atoms with E-state index in [0.717, 1.165) is 22.5 Å². The van der Waals surface area contributed by atoms with E-state index < -0.39 is 0 Å². The van der Waals surface area contributed by atoms with Crippen molar-refractivity contribution >= 4 is 33.7 Å². The number of hydrogen-bond donors (Lipinski definition) is 1. The number of thiophene rings is 1. The first kappa shape index (κ1) is 24.5. The summed E-state index contributed by atoms with van der Waals surface area (Å²) in [6.07, 6.45) is 16.5. The van der Waals surface area contributed by atoms with Crippen LogP contribution in [0.2, 0.25) is 5.02 Å². The van der Waals surface area contributed by atoms with Gasteiger partial charge in [-0.25, -0.2) is 0 Å². The summed E-state index contributed by atoms with van der Waals surface area (Å²) in [5, 5.41) is 1.21. The van der Waals surface area contributed by atoms with Gasteiger partial charge in [-0.1, -0.05) is 56.2 Å². The number of halogens is 1. The molecule has 2 saturated carbocycles. The van der Waals surface area contributed by atoms with Crippen LogP contribution in [-0.2, 0) is 6.54 Å². The van der Waals surface area contributed by atoms with E-state index in [9.17, 15) is 4.79 Å². The fourth-order valence-electron chi connectivity index (χ4n) is 5.92. The SMILES string of the molecule is Nc1sc(-c2cccnc2)c(CN(C2CCCCC2)C2CCCCC2)c1C(=O)c1ccc(Cl)cc1. The van der Waals surface area contributed by atoms with Gasteiger partial charge in [0.2, 0.25) is 0 Å². The van der Waals surface area contributed by atoms with Crippen LogP contribution in [0.3, 0.4) is 0 Å². The zero-order chi connectivity index (χ0) is 24.2. The molecular weight excluding hydrogens is 474 g/mol. The molecule has 0 spiro atoms. The van der Waals surface area contributed by atoms with E-state index in [-0.39, 0.29) is 5.78 Å². The molecule has 1 aromatic carbocycles. The minimum Gasteiger partial charge on any atom is -0.390 e. The van der Waals surface area contributed by atoms with E-state index in [4.69, 9.17) is 17.3 Å². The zero-order valence-corrected chi connectivity index (χ0v) is 21.8. The van der Waals surface area contributed by atoms with Gasteiger partial charge in [0, 0.05) is 52.0 Å². The molecule has 0 amide bonds. The second-order valence-electron chi connectivity index (χ2n) is 9.98. The van der Waals surface area contributed by atoms with E-state index in [1.807, 2.05) is 12.3 Å². The average Bonchev–Trinajstić information content (AvgIpc) is 3.24. The van der Waals surface area contributed by atoms with Crippen molar-refractivity contribution in [1.29, 1.82) is 0 Å². The highest BCUT2D eigenvalue weighted by Gasteiger charge is 2.32. The molecule has 2 aliphatic rings. The number of anilines is 1. The van der Waals surface area contributed by atoms with Crippen molar-refractivity contribution in [2.45, 2.75) is 82.8 Å². The van der Waals surface area contributed by atoms with Gasteiger partial charge in [0.15, 0.2) is 5.78 Å². The van der Waals surface area contributed by atoms with Crippen LogP contribution in [0, 0.1) is 0 Å². The van der Waals surface area contributed by atoms with Crippen molar-refractivity contribution in [3.63, 3.8) is 0 Å². The minimum absolute atomic E-state index is 0.0206. The number of hydrogen-bond acceptors (Lipinski definition) is 5. The highest BCUT2D eigenvalue weighted by atomic mass is 35.5. The average molecular weight is 508 g/mol. The van der Waals surface area contributed by atoms with E-state index in [0.29, 0.717) is 33.2 Å². The van der Waals surface area contributed by atoms with Gasteiger partial charge in [-0.15, -0.1) is 11.3 Å². The molecule has 0 saturated heterocycles. The van der Waals surface area contributed by atoms with Crippen molar-refractivity contribution < 1.29 is 4.79 Å². The molecule has 0 atom stereocenters. The number of benzene rings is 1. The summed E-state index contributed by atoms with van der Waals surface area (Å²) >= 11 is 7.62. The van der Waals surface area contributed by atoms with Gasteiger partial charge < -0.3 is 5.73 Å². The quantitative estimate of drug-likeness (QED) is 0.332. The number of carbonyl (C=O) groups excluding carboxylic acids is 1. The number of ketones is 1. The van der Waals surface area contributed by atoms with Crippen LogP contribution in [0.4, 0.5) is 5.00 Å². The molecule has 0 radical (unpaired) electrons. The van der Waals surface area contributed by atoms with Crippen LogP contribution < -0.4 is 5.73 Å². The van der Waals surface area contributed by atoms with Gasteiger partial charge in [0.05, 0.1) is 10.6 Å². The Balaban J connectivity index is 1.58. The standard InChI is InChI=1S/C29H34ClN3OS/c30-22-15-13-20(14-16-22)27(34)26-25(28(35-29(26)31)21-8-7-17-32-18-21)19-33(23-9-3-1-4-10-23)24-11-5-2-6-12-24/h7-8,13-18,23-24H,1-6,9-12,19,31H2. The number of nitrogens with two attached hydrogens (primary N) is 1. The highest BCUT2D eigenvalue weighted by Crippen LogP contribution is 2.42. The highest BCUT2D eigenvalue weighted by molar-refractivity contribution is 7.20. The van der Waals surface area contributed by atoms with Gasteiger partial charge in [0.1, 0.15) is 0 Å². The Morgan fingerprint density at radius 2 is 1.60 bits per heavy atom. The van der Waals surface area contributed by atoms with Crippen LogP contribution >= 0.6 is 22.9 Å². The van der Waals surface area contributed by atoms with E-state index in [2.05, 4.69) is 16.0 Å². The lowest BCUT2D eigenvalue weighted by atomic mass is 9.87. The van der Waals surface area contributed by atoms with Crippen molar-refractivity contribution in [2.24, 2.45) is 0 Å². The van der Waals surface area contributed by atoms with Gasteiger partial charge in [0.25, 0.3) is 0 Å². The lowest BCUT2D eigenvalue weighted by Gasteiger charge is -2.42. The van der Waals surface area contributed by atoms with Gasteiger partial charge >= 0.3 is 0 Å². The van der Waals surface area contributed by atoms with Crippen molar-refractivity contribution in [3.8, 4) is 10.4 Å². The summed E-state index contributed by atoms with van der Waals surface area (Å²) in [7, 11) is 0. The number of nitrogen functional groups attached to an aromatic ring is 1. The predicted molar refractivity (Wildman–Crippen MR) is 146 cm³/mol. The maximum absolute atomic E-state index is 13.8. The summed E-state index contributed by atoms with van der Waals surface area (Å²) in [6.45, 7) is 0.766. The van der Waals surface area contributed by atoms with E-state index in [1.165, 1.54) is 75.5 Å². The Morgan fingerprint density at radius 3 is 2.17 bits per heavy atom. The lowest BCUT2D eigenvalue weighted by Crippen LogP contribution is -2.44. The van der Waals surface area contributed by atoms with Gasteiger partial charge in [-0.3, -0.25) is 14.7 Å². The first-order chi connectivity index (χ1) is 17.1. The third kappa shape index (κ3) is 5.47. The maximum Gasteiger partial charge on any atom is 0.196 e. The van der Waals surface area contributed by atoms with Crippen molar-refractivity contribution in [3.05, 3.63) is 70.5 Å². The Labute approximate surface area is 217 Å². The summed E-state index contributed by atoms with van der Waals surface area (Å²) in [6, 6.07) is 12.3. The number of rotatable bonds is 7. The minimum atomic E-state index is -0.0206. The molecule has 2 fully saturated rings. The van der Waals surface area contributed by atoms with Crippen LogP contribution in [0.25, 0.3) is 10.4 Å². The Hall–Kier alpha value is -2.21. The fraction of sp³-hybridized carbons (Fsp3) is 0.448. The molecule has 0 aliphatic heterocycles. The Morgan fingerprint density at radius 1 is 0.971 bits per heavy atom. The van der Waals surface area contributed by atoms with Crippen molar-refractivity contribution in [2.75, 3.05) is 5.73 Å². The molecule has 6 heteroatoms.